The lowest BCUT2D eigenvalue weighted by Crippen LogP contribution is -2.57. The zero-order valence-electron chi connectivity index (χ0n) is 11.4. The van der Waals surface area contributed by atoms with Crippen LogP contribution in [0.1, 0.15) is 68.2 Å². The standard InChI is InChI=1S/C13H29N/c1-9-11(10-2)14(12(3,4)5)13(6,7)8/h11H,9-10H2,1-8H3. The van der Waals surface area contributed by atoms with Crippen LogP contribution in [0.25, 0.3) is 0 Å². The average molecular weight is 199 g/mol. The molecule has 0 N–H and O–H groups in total. The Hall–Kier alpha value is -0.0400. The first kappa shape index (κ1) is 14.0. The lowest BCUT2D eigenvalue weighted by Gasteiger charge is -2.50. The van der Waals surface area contributed by atoms with Gasteiger partial charge in [0.1, 0.15) is 0 Å². The summed E-state index contributed by atoms with van der Waals surface area (Å²) in [6, 6.07) is 0.704. The summed E-state index contributed by atoms with van der Waals surface area (Å²) >= 11 is 0. The van der Waals surface area contributed by atoms with Crippen LogP contribution in [-0.4, -0.2) is 22.0 Å². The molecule has 1 heteroatoms. The Kier molecular flexibility index (Phi) is 4.64. The highest BCUT2D eigenvalue weighted by molar-refractivity contribution is 4.90. The van der Waals surface area contributed by atoms with Crippen molar-refractivity contribution in [1.82, 2.24) is 4.90 Å². The summed E-state index contributed by atoms with van der Waals surface area (Å²) in [4.78, 5) is 2.65. The number of nitrogens with zero attached hydrogens (tertiary/aromatic N) is 1. The molecule has 0 heterocycles. The minimum Gasteiger partial charge on any atom is -0.291 e. The SMILES string of the molecule is CCC(CC)N(C(C)(C)C)C(C)(C)C. The van der Waals surface area contributed by atoms with Gasteiger partial charge in [0, 0.05) is 17.1 Å². The summed E-state index contributed by atoms with van der Waals surface area (Å²) in [6.07, 6.45) is 2.48. The third kappa shape index (κ3) is 3.61. The van der Waals surface area contributed by atoms with Gasteiger partial charge in [-0.2, -0.15) is 0 Å². The van der Waals surface area contributed by atoms with Crippen LogP contribution < -0.4 is 0 Å². The first-order valence-corrected chi connectivity index (χ1v) is 5.94. The van der Waals surface area contributed by atoms with Gasteiger partial charge >= 0.3 is 0 Å². The number of hydrogen-bond acceptors (Lipinski definition) is 1. The van der Waals surface area contributed by atoms with E-state index >= 15 is 0 Å². The van der Waals surface area contributed by atoms with E-state index in [9.17, 15) is 0 Å². The van der Waals surface area contributed by atoms with Crippen LogP contribution in [0.3, 0.4) is 0 Å². The Morgan fingerprint density at radius 1 is 0.786 bits per heavy atom. The second-order valence-corrected chi connectivity index (χ2v) is 6.18. The molecule has 0 bridgehead atoms. The van der Waals surface area contributed by atoms with E-state index in [1.54, 1.807) is 0 Å². The Labute approximate surface area is 90.9 Å². The molecule has 0 rings (SSSR count). The minimum atomic E-state index is 0.259. The molecule has 0 saturated heterocycles. The fourth-order valence-corrected chi connectivity index (χ4v) is 2.76. The molecule has 0 aliphatic carbocycles. The lowest BCUT2D eigenvalue weighted by molar-refractivity contribution is -0.00849. The summed E-state index contributed by atoms with van der Waals surface area (Å²) in [7, 11) is 0. The molecule has 0 fully saturated rings. The van der Waals surface area contributed by atoms with Crippen molar-refractivity contribution in [2.45, 2.75) is 85.4 Å². The molecule has 0 aliphatic rings. The van der Waals surface area contributed by atoms with Crippen molar-refractivity contribution in [3.05, 3.63) is 0 Å². The van der Waals surface area contributed by atoms with E-state index in [4.69, 9.17) is 0 Å². The zero-order chi connectivity index (χ0) is 11.6. The predicted octanol–water partition coefficient (Wildman–Crippen LogP) is 4.07. The van der Waals surface area contributed by atoms with Crippen LogP contribution in [0.5, 0.6) is 0 Å². The predicted molar refractivity (Wildman–Crippen MR) is 65.7 cm³/mol. The molecular formula is C13H29N. The molecule has 0 spiro atoms. The van der Waals surface area contributed by atoms with Gasteiger partial charge in [-0.25, -0.2) is 0 Å². The van der Waals surface area contributed by atoms with Gasteiger partial charge in [-0.3, -0.25) is 4.90 Å². The maximum Gasteiger partial charge on any atom is 0.0133 e. The molecule has 1 nitrogen and oxygen atoms in total. The molecule has 0 aliphatic heterocycles. The molecule has 0 unspecified atom stereocenters. The lowest BCUT2D eigenvalue weighted by atomic mass is 9.91. The molecule has 0 amide bonds. The van der Waals surface area contributed by atoms with Crippen molar-refractivity contribution in [2.24, 2.45) is 0 Å². The highest BCUT2D eigenvalue weighted by Gasteiger charge is 2.35. The van der Waals surface area contributed by atoms with Gasteiger partial charge in [-0.05, 0) is 54.4 Å². The van der Waals surface area contributed by atoms with E-state index in [2.05, 4.69) is 60.3 Å². The Morgan fingerprint density at radius 3 is 1.14 bits per heavy atom. The number of rotatable bonds is 3. The van der Waals surface area contributed by atoms with Gasteiger partial charge in [0.05, 0.1) is 0 Å². The van der Waals surface area contributed by atoms with Crippen molar-refractivity contribution >= 4 is 0 Å². The molecule has 86 valence electrons. The normalized spacial score (nSPS) is 14.1. The summed E-state index contributed by atoms with van der Waals surface area (Å²) in [5.41, 5.74) is 0.518. The topological polar surface area (TPSA) is 3.24 Å². The van der Waals surface area contributed by atoms with Crippen LogP contribution in [0, 0.1) is 0 Å². The highest BCUT2D eigenvalue weighted by atomic mass is 15.3. The van der Waals surface area contributed by atoms with Crippen molar-refractivity contribution in [3.8, 4) is 0 Å². The third-order valence-electron chi connectivity index (χ3n) is 2.75. The minimum absolute atomic E-state index is 0.259. The van der Waals surface area contributed by atoms with E-state index in [-0.39, 0.29) is 11.1 Å². The van der Waals surface area contributed by atoms with Crippen molar-refractivity contribution < 1.29 is 0 Å². The summed E-state index contributed by atoms with van der Waals surface area (Å²) < 4.78 is 0. The van der Waals surface area contributed by atoms with Gasteiger partial charge in [-0.15, -0.1) is 0 Å². The van der Waals surface area contributed by atoms with Crippen LogP contribution in [0.15, 0.2) is 0 Å². The Morgan fingerprint density at radius 2 is 1.07 bits per heavy atom. The largest absolute Gasteiger partial charge is 0.291 e. The average Bonchev–Trinajstić information content (AvgIpc) is 1.94. The van der Waals surface area contributed by atoms with E-state index in [0.29, 0.717) is 6.04 Å². The number of hydrogen-bond donors (Lipinski definition) is 0. The summed E-state index contributed by atoms with van der Waals surface area (Å²) in [5, 5.41) is 0. The molecule has 0 aromatic heterocycles. The van der Waals surface area contributed by atoms with Gasteiger partial charge in [0.15, 0.2) is 0 Å². The first-order chi connectivity index (χ1) is 6.14. The van der Waals surface area contributed by atoms with Crippen molar-refractivity contribution in [2.75, 3.05) is 0 Å². The quantitative estimate of drug-likeness (QED) is 0.662. The van der Waals surface area contributed by atoms with Crippen LogP contribution in [-0.2, 0) is 0 Å². The summed E-state index contributed by atoms with van der Waals surface area (Å²) in [5.74, 6) is 0. The molecular weight excluding hydrogens is 170 g/mol. The maximum atomic E-state index is 2.65. The van der Waals surface area contributed by atoms with Gasteiger partial charge in [0.2, 0.25) is 0 Å². The van der Waals surface area contributed by atoms with Gasteiger partial charge < -0.3 is 0 Å². The summed E-state index contributed by atoms with van der Waals surface area (Å²) in [6.45, 7) is 18.5. The first-order valence-electron chi connectivity index (χ1n) is 5.94. The van der Waals surface area contributed by atoms with Crippen molar-refractivity contribution in [1.29, 1.82) is 0 Å². The van der Waals surface area contributed by atoms with Crippen LogP contribution >= 0.6 is 0 Å². The van der Waals surface area contributed by atoms with Gasteiger partial charge in [0.25, 0.3) is 0 Å². The monoisotopic (exact) mass is 199 g/mol. The molecule has 0 aromatic carbocycles. The maximum absolute atomic E-state index is 2.65. The van der Waals surface area contributed by atoms with Crippen LogP contribution in [0.2, 0.25) is 0 Å². The highest BCUT2D eigenvalue weighted by Crippen LogP contribution is 2.29. The van der Waals surface area contributed by atoms with Gasteiger partial charge in [-0.1, -0.05) is 13.8 Å². The fraction of sp³-hybridized carbons (Fsp3) is 1.00. The third-order valence-corrected chi connectivity index (χ3v) is 2.75. The molecule has 0 aromatic rings. The Balaban J connectivity index is 4.91. The second-order valence-electron chi connectivity index (χ2n) is 6.18. The van der Waals surface area contributed by atoms with E-state index in [1.807, 2.05) is 0 Å². The smallest absolute Gasteiger partial charge is 0.0133 e. The Bertz CT molecular complexity index is 141. The van der Waals surface area contributed by atoms with E-state index in [1.165, 1.54) is 12.8 Å². The molecule has 0 saturated carbocycles. The van der Waals surface area contributed by atoms with Crippen molar-refractivity contribution in [3.63, 3.8) is 0 Å². The fourth-order valence-electron chi connectivity index (χ4n) is 2.76. The van der Waals surface area contributed by atoms with Crippen LogP contribution in [0.4, 0.5) is 0 Å². The van der Waals surface area contributed by atoms with E-state index in [0.717, 1.165) is 0 Å². The zero-order valence-corrected chi connectivity index (χ0v) is 11.4. The second kappa shape index (κ2) is 4.65. The molecule has 0 atom stereocenters. The van der Waals surface area contributed by atoms with E-state index < -0.39 is 0 Å². The molecule has 0 radical (unpaired) electrons. The molecule has 14 heavy (non-hydrogen) atoms.